The number of carbonyl (C=O) groups excluding carboxylic acids is 2. The fraction of sp³-hybridized carbons (Fsp3) is 0.389. The van der Waals surface area contributed by atoms with Crippen LogP contribution in [0.4, 0.5) is 0 Å². The molecule has 1 aliphatic heterocycles. The van der Waals surface area contributed by atoms with Gasteiger partial charge in [0.15, 0.2) is 6.29 Å². The number of rotatable bonds is 16. The van der Waals surface area contributed by atoms with E-state index in [0.29, 0.717) is 32.2 Å². The average molecular weight is 616 g/mol. The van der Waals surface area contributed by atoms with Crippen molar-refractivity contribution in [1.82, 2.24) is 15.7 Å². The number of ether oxygens (including phenoxy) is 2. The van der Waals surface area contributed by atoms with Crippen LogP contribution in [0.15, 0.2) is 85.5 Å². The first-order valence-corrected chi connectivity index (χ1v) is 15.6. The summed E-state index contributed by atoms with van der Waals surface area (Å²) in [6.45, 7) is 5.79. The predicted octanol–water partition coefficient (Wildman–Crippen LogP) is 5.58. The van der Waals surface area contributed by atoms with Gasteiger partial charge in [0, 0.05) is 44.5 Å². The lowest BCUT2D eigenvalue weighted by Crippen LogP contribution is -2.37. The minimum atomic E-state index is -0.552. The maximum absolute atomic E-state index is 12.4. The lowest BCUT2D eigenvalue weighted by Gasteiger charge is -2.37. The van der Waals surface area contributed by atoms with Crippen LogP contribution in [0.1, 0.15) is 73.2 Å². The largest absolute Gasteiger partial charge is 0.392 e. The van der Waals surface area contributed by atoms with E-state index in [1.165, 1.54) is 0 Å². The lowest BCUT2D eigenvalue weighted by molar-refractivity contribution is -0.252. The summed E-state index contributed by atoms with van der Waals surface area (Å²) in [5, 5.41) is 21.0. The molecule has 45 heavy (non-hydrogen) atoms. The summed E-state index contributed by atoms with van der Waals surface area (Å²) in [4.78, 5) is 25.6. The predicted molar refractivity (Wildman–Crippen MR) is 173 cm³/mol. The summed E-state index contributed by atoms with van der Waals surface area (Å²) >= 11 is 0. The van der Waals surface area contributed by atoms with E-state index in [-0.39, 0.29) is 31.1 Å². The van der Waals surface area contributed by atoms with Crippen LogP contribution in [-0.4, -0.2) is 53.3 Å². The molecule has 4 rings (SSSR count). The SMILES string of the molecule is C=CCN(C)C[C@H]1C[C@@H](c2ccc(CO)cc2)O[C@@H](c2cccc(-c3cccc(CNC(=O)CCCCCC(=O)NO)c3)c2)O1. The van der Waals surface area contributed by atoms with E-state index in [4.69, 9.17) is 14.7 Å². The van der Waals surface area contributed by atoms with Crippen LogP contribution in [0.5, 0.6) is 0 Å². The fourth-order valence-electron chi connectivity index (χ4n) is 5.49. The summed E-state index contributed by atoms with van der Waals surface area (Å²) in [6.07, 6.45) is 4.53. The molecule has 1 fully saturated rings. The number of hydroxylamine groups is 1. The molecule has 0 saturated carbocycles. The topological polar surface area (TPSA) is 120 Å². The molecular weight excluding hydrogens is 570 g/mol. The highest BCUT2D eigenvalue weighted by Crippen LogP contribution is 2.39. The van der Waals surface area contributed by atoms with Gasteiger partial charge in [0.05, 0.1) is 18.8 Å². The smallest absolute Gasteiger partial charge is 0.243 e. The van der Waals surface area contributed by atoms with Crippen molar-refractivity contribution in [2.45, 2.75) is 70.2 Å². The van der Waals surface area contributed by atoms with Gasteiger partial charge in [-0.3, -0.25) is 14.8 Å². The molecule has 0 aliphatic carbocycles. The van der Waals surface area contributed by atoms with Crippen LogP contribution < -0.4 is 10.8 Å². The molecule has 0 unspecified atom stereocenters. The van der Waals surface area contributed by atoms with Crippen LogP contribution in [0.2, 0.25) is 0 Å². The van der Waals surface area contributed by atoms with Crippen molar-refractivity contribution in [2.75, 3.05) is 20.1 Å². The van der Waals surface area contributed by atoms with Crippen molar-refractivity contribution < 1.29 is 29.4 Å². The summed E-state index contributed by atoms with van der Waals surface area (Å²) < 4.78 is 13.1. The molecule has 0 radical (unpaired) electrons. The Bertz CT molecular complexity index is 1400. The highest BCUT2D eigenvalue weighted by atomic mass is 16.7. The Labute approximate surface area is 265 Å². The molecule has 3 atom stereocenters. The maximum atomic E-state index is 12.4. The first-order valence-electron chi connectivity index (χ1n) is 15.6. The Kier molecular flexibility index (Phi) is 13.3. The van der Waals surface area contributed by atoms with Crippen LogP contribution in [0, 0.1) is 0 Å². The van der Waals surface area contributed by atoms with Crippen molar-refractivity contribution in [3.05, 3.63) is 108 Å². The Balaban J connectivity index is 1.42. The van der Waals surface area contributed by atoms with E-state index >= 15 is 0 Å². The molecule has 3 aromatic carbocycles. The molecular formula is C36H45N3O6. The fourth-order valence-corrected chi connectivity index (χ4v) is 5.49. The number of aliphatic hydroxyl groups excluding tert-OH is 1. The number of likely N-dealkylation sites (N-methyl/N-ethyl adjacent to an activating group) is 1. The van der Waals surface area contributed by atoms with Gasteiger partial charge in [0.25, 0.3) is 0 Å². The molecule has 1 heterocycles. The van der Waals surface area contributed by atoms with Crippen molar-refractivity contribution in [1.29, 1.82) is 0 Å². The summed E-state index contributed by atoms with van der Waals surface area (Å²) in [6, 6.07) is 24.2. The van der Waals surface area contributed by atoms with Gasteiger partial charge in [0.2, 0.25) is 11.8 Å². The molecule has 3 aromatic rings. The number of hydrogen-bond acceptors (Lipinski definition) is 7. The third-order valence-electron chi connectivity index (χ3n) is 7.91. The van der Waals surface area contributed by atoms with E-state index in [0.717, 1.165) is 52.9 Å². The van der Waals surface area contributed by atoms with Crippen molar-refractivity contribution in [3.8, 4) is 11.1 Å². The molecule has 2 amide bonds. The van der Waals surface area contributed by atoms with Gasteiger partial charge in [-0.25, -0.2) is 5.48 Å². The standard InChI is InChI=1S/C36H45N3O6/c1-3-19-39(2)24-32-22-33(28-17-15-26(25-40)16-18-28)45-36(44-32)31-12-8-11-30(21-31)29-10-7-9-27(20-29)23-37-34(41)13-5-4-6-14-35(42)38-43/h3,7-12,15-18,20-21,32-33,36,40,43H,1,4-6,13-14,19,22-25H2,2H3,(H,37,41)(H,38,42)/t32-,33+,36+/m1/s1. The summed E-state index contributed by atoms with van der Waals surface area (Å²) in [5.41, 5.74) is 7.51. The number of benzene rings is 3. The maximum Gasteiger partial charge on any atom is 0.243 e. The van der Waals surface area contributed by atoms with E-state index in [2.05, 4.69) is 42.0 Å². The normalized spacial score (nSPS) is 18.0. The van der Waals surface area contributed by atoms with E-state index in [1.54, 1.807) is 5.48 Å². The monoisotopic (exact) mass is 615 g/mol. The number of unbranched alkanes of at least 4 members (excludes halogenated alkanes) is 2. The average Bonchev–Trinajstić information content (AvgIpc) is 3.07. The molecule has 9 nitrogen and oxygen atoms in total. The summed E-state index contributed by atoms with van der Waals surface area (Å²) in [5.74, 6) is -0.441. The number of aliphatic hydroxyl groups is 1. The van der Waals surface area contributed by atoms with Crippen LogP contribution in [0.3, 0.4) is 0 Å². The minimum Gasteiger partial charge on any atom is -0.392 e. The number of amides is 2. The molecule has 0 bridgehead atoms. The number of hydrogen-bond donors (Lipinski definition) is 4. The van der Waals surface area contributed by atoms with Gasteiger partial charge in [-0.15, -0.1) is 6.58 Å². The van der Waals surface area contributed by atoms with E-state index in [9.17, 15) is 14.7 Å². The van der Waals surface area contributed by atoms with E-state index < -0.39 is 12.2 Å². The Morgan fingerprint density at radius 2 is 1.62 bits per heavy atom. The zero-order chi connectivity index (χ0) is 32.0. The van der Waals surface area contributed by atoms with Gasteiger partial charge < -0.3 is 24.8 Å². The highest BCUT2D eigenvalue weighted by molar-refractivity contribution is 5.76. The Morgan fingerprint density at radius 3 is 2.33 bits per heavy atom. The van der Waals surface area contributed by atoms with Crippen LogP contribution >= 0.6 is 0 Å². The highest BCUT2D eigenvalue weighted by Gasteiger charge is 2.32. The lowest BCUT2D eigenvalue weighted by atomic mass is 9.98. The van der Waals surface area contributed by atoms with Crippen LogP contribution in [0.25, 0.3) is 11.1 Å². The minimum absolute atomic E-state index is 0.00191. The number of carbonyl (C=O) groups is 2. The second-order valence-corrected chi connectivity index (χ2v) is 11.6. The molecule has 0 spiro atoms. The number of nitrogens with one attached hydrogen (secondary N) is 2. The third kappa shape index (κ3) is 10.6. The van der Waals surface area contributed by atoms with Crippen molar-refractivity contribution >= 4 is 11.8 Å². The molecule has 1 saturated heterocycles. The van der Waals surface area contributed by atoms with Crippen molar-refractivity contribution in [3.63, 3.8) is 0 Å². The molecule has 1 aliphatic rings. The summed E-state index contributed by atoms with van der Waals surface area (Å²) in [7, 11) is 2.05. The molecule has 4 N–H and O–H groups in total. The van der Waals surface area contributed by atoms with Gasteiger partial charge in [-0.1, -0.05) is 73.2 Å². The first kappa shape index (κ1) is 34.0. The van der Waals surface area contributed by atoms with Crippen LogP contribution in [-0.2, 0) is 32.2 Å². The zero-order valence-corrected chi connectivity index (χ0v) is 26.0. The second-order valence-electron chi connectivity index (χ2n) is 11.6. The van der Waals surface area contributed by atoms with Gasteiger partial charge in [-0.05, 0) is 59.8 Å². The zero-order valence-electron chi connectivity index (χ0n) is 26.0. The van der Waals surface area contributed by atoms with Gasteiger partial charge in [0.1, 0.15) is 0 Å². The Morgan fingerprint density at radius 1 is 0.911 bits per heavy atom. The second kappa shape index (κ2) is 17.6. The molecule has 9 heteroatoms. The van der Waals surface area contributed by atoms with Gasteiger partial charge >= 0.3 is 0 Å². The third-order valence-corrected chi connectivity index (χ3v) is 7.91. The van der Waals surface area contributed by atoms with E-state index in [1.807, 2.05) is 60.7 Å². The number of nitrogens with zero attached hydrogens (tertiary/aromatic N) is 1. The molecule has 240 valence electrons. The first-order chi connectivity index (χ1) is 21.9. The Hall–Kier alpha value is -3.86. The van der Waals surface area contributed by atoms with Crippen molar-refractivity contribution in [2.24, 2.45) is 0 Å². The van der Waals surface area contributed by atoms with Gasteiger partial charge in [-0.2, -0.15) is 0 Å². The molecule has 0 aromatic heterocycles. The quantitative estimate of drug-likeness (QED) is 0.0719.